The van der Waals surface area contributed by atoms with Gasteiger partial charge in [0.15, 0.2) is 0 Å². The zero-order valence-electron chi connectivity index (χ0n) is 14.4. The van der Waals surface area contributed by atoms with Gasteiger partial charge in [-0.15, -0.1) is 0 Å². The molecule has 0 radical (unpaired) electrons. The van der Waals surface area contributed by atoms with Gasteiger partial charge < -0.3 is 4.74 Å². The average molecular weight is 382 g/mol. The molecule has 8 heteroatoms. The lowest BCUT2D eigenvalue weighted by molar-refractivity contribution is 0.180. The summed E-state index contributed by atoms with van der Waals surface area (Å²) in [4.78, 5) is 3.74. The predicted molar refractivity (Wildman–Crippen MR) is 92.3 cm³/mol. The van der Waals surface area contributed by atoms with Crippen molar-refractivity contribution < 1.29 is 21.9 Å². The molecule has 140 valence electrons. The smallest absolute Gasteiger partial charge is 0.243 e. The van der Waals surface area contributed by atoms with E-state index in [9.17, 15) is 17.2 Å². The van der Waals surface area contributed by atoms with E-state index in [1.54, 1.807) is 12.3 Å². The van der Waals surface area contributed by atoms with E-state index in [1.807, 2.05) is 13.0 Å². The summed E-state index contributed by atoms with van der Waals surface area (Å²) < 4.78 is 59.2. The molecule has 1 unspecified atom stereocenters. The number of piperidine rings is 1. The zero-order valence-corrected chi connectivity index (χ0v) is 15.2. The summed E-state index contributed by atoms with van der Waals surface area (Å²) in [5.41, 5.74) is 0.837. The molecule has 0 bridgehead atoms. The summed E-state index contributed by atoms with van der Waals surface area (Å²) in [5, 5.41) is 0. The van der Waals surface area contributed by atoms with Crippen LogP contribution < -0.4 is 4.74 Å². The fourth-order valence-electron chi connectivity index (χ4n) is 3.03. The Kier molecular flexibility index (Phi) is 5.52. The highest BCUT2D eigenvalue weighted by Crippen LogP contribution is 2.25. The first-order valence-electron chi connectivity index (χ1n) is 8.36. The van der Waals surface area contributed by atoms with Gasteiger partial charge in [0, 0.05) is 43.0 Å². The third kappa shape index (κ3) is 4.37. The molecule has 0 N–H and O–H groups in total. The number of hydrogen-bond acceptors (Lipinski definition) is 4. The lowest BCUT2D eigenvalue weighted by atomic mass is 10.0. The van der Waals surface area contributed by atoms with Crippen LogP contribution in [0.3, 0.4) is 0 Å². The summed E-state index contributed by atoms with van der Waals surface area (Å²) in [6.45, 7) is 2.81. The normalized spacial score (nSPS) is 18.7. The first-order valence-corrected chi connectivity index (χ1v) is 9.80. The number of ether oxygens (including phenoxy) is 1. The summed E-state index contributed by atoms with van der Waals surface area (Å²) >= 11 is 0. The van der Waals surface area contributed by atoms with Crippen LogP contribution in [0.25, 0.3) is 0 Å². The molecular weight excluding hydrogens is 362 g/mol. The highest BCUT2D eigenvalue weighted by Gasteiger charge is 2.31. The Bertz CT molecular complexity index is 870. The molecule has 0 spiro atoms. The largest absolute Gasteiger partial charge is 0.493 e. The van der Waals surface area contributed by atoms with Crippen LogP contribution in [-0.4, -0.2) is 37.4 Å². The quantitative estimate of drug-likeness (QED) is 0.797. The maximum atomic E-state index is 13.4. The van der Waals surface area contributed by atoms with Gasteiger partial charge in [-0.1, -0.05) is 0 Å². The van der Waals surface area contributed by atoms with E-state index in [0.717, 1.165) is 24.2 Å². The van der Waals surface area contributed by atoms with Crippen LogP contribution in [0.4, 0.5) is 8.78 Å². The van der Waals surface area contributed by atoms with Gasteiger partial charge in [0.2, 0.25) is 10.0 Å². The van der Waals surface area contributed by atoms with Crippen LogP contribution in [-0.2, 0) is 10.0 Å². The van der Waals surface area contributed by atoms with Gasteiger partial charge in [-0.25, -0.2) is 17.2 Å². The Balaban J connectivity index is 1.69. The number of aryl methyl sites for hydroxylation is 1. The summed E-state index contributed by atoms with van der Waals surface area (Å²) in [6.07, 6.45) is 3.15. The molecule has 3 rings (SSSR count). The van der Waals surface area contributed by atoms with Gasteiger partial charge in [0.05, 0.1) is 11.5 Å². The average Bonchev–Trinajstić information content (AvgIpc) is 2.59. The van der Waals surface area contributed by atoms with E-state index >= 15 is 0 Å². The maximum absolute atomic E-state index is 13.4. The van der Waals surface area contributed by atoms with E-state index in [-0.39, 0.29) is 17.4 Å². The minimum atomic E-state index is -3.94. The number of sulfonamides is 1. The van der Waals surface area contributed by atoms with Gasteiger partial charge in [-0.05, 0) is 38.0 Å². The number of rotatable bonds is 5. The highest BCUT2D eigenvalue weighted by molar-refractivity contribution is 7.89. The molecule has 1 aromatic heterocycles. The van der Waals surface area contributed by atoms with Crippen LogP contribution in [0, 0.1) is 24.5 Å². The van der Waals surface area contributed by atoms with Gasteiger partial charge in [0.25, 0.3) is 0 Å². The molecule has 2 aromatic rings. The van der Waals surface area contributed by atoms with Crippen molar-refractivity contribution in [2.24, 2.45) is 5.92 Å². The third-order valence-electron chi connectivity index (χ3n) is 4.31. The number of nitrogens with zero attached hydrogens (tertiary/aromatic N) is 2. The Hall–Kier alpha value is -2.06. The fraction of sp³-hybridized carbons (Fsp3) is 0.389. The highest BCUT2D eigenvalue weighted by atomic mass is 32.2. The second-order valence-electron chi connectivity index (χ2n) is 6.42. The van der Waals surface area contributed by atoms with E-state index in [4.69, 9.17) is 4.74 Å². The number of pyridine rings is 1. The van der Waals surface area contributed by atoms with Crippen molar-refractivity contribution in [1.29, 1.82) is 0 Å². The van der Waals surface area contributed by atoms with Crippen molar-refractivity contribution in [3.63, 3.8) is 0 Å². The van der Waals surface area contributed by atoms with Gasteiger partial charge in [0.1, 0.15) is 17.4 Å². The Morgan fingerprint density at radius 2 is 1.96 bits per heavy atom. The minimum absolute atomic E-state index is 0.00500. The molecule has 0 saturated carbocycles. The molecule has 5 nitrogen and oxygen atoms in total. The van der Waals surface area contributed by atoms with Crippen LogP contribution in [0.5, 0.6) is 5.75 Å². The van der Waals surface area contributed by atoms with Crippen molar-refractivity contribution >= 4 is 10.0 Å². The second kappa shape index (κ2) is 7.67. The molecule has 2 heterocycles. The number of benzene rings is 1. The zero-order chi connectivity index (χ0) is 18.7. The van der Waals surface area contributed by atoms with Gasteiger partial charge >= 0.3 is 0 Å². The SMILES string of the molecule is Cc1cc(OCC2CCCN(S(=O)(=O)c3cc(F)cc(F)c3)C2)ccn1. The fourth-order valence-corrected chi connectivity index (χ4v) is 4.63. The monoisotopic (exact) mass is 382 g/mol. The minimum Gasteiger partial charge on any atom is -0.493 e. The topological polar surface area (TPSA) is 59.5 Å². The standard InChI is InChI=1S/C18H20F2N2O3S/c1-13-7-17(4-5-21-13)25-12-14-3-2-6-22(11-14)26(23,24)18-9-15(19)8-16(20)10-18/h4-5,7-10,14H,2-3,6,11-12H2,1H3. The molecule has 26 heavy (non-hydrogen) atoms. The molecule has 1 aliphatic heterocycles. The van der Waals surface area contributed by atoms with Crippen LogP contribution >= 0.6 is 0 Å². The summed E-state index contributed by atoms with van der Waals surface area (Å²) in [6, 6.07) is 5.91. The molecule has 0 aliphatic carbocycles. The van der Waals surface area contributed by atoms with Crippen molar-refractivity contribution in [2.75, 3.05) is 19.7 Å². The van der Waals surface area contributed by atoms with Crippen LogP contribution in [0.15, 0.2) is 41.4 Å². The van der Waals surface area contributed by atoms with Crippen molar-refractivity contribution in [1.82, 2.24) is 9.29 Å². The molecule has 0 amide bonds. The molecule has 1 aliphatic rings. The number of halogens is 2. The number of hydrogen-bond donors (Lipinski definition) is 0. The van der Waals surface area contributed by atoms with E-state index in [2.05, 4.69) is 4.98 Å². The molecule has 1 aromatic carbocycles. The van der Waals surface area contributed by atoms with E-state index in [0.29, 0.717) is 31.4 Å². The Morgan fingerprint density at radius 3 is 2.65 bits per heavy atom. The van der Waals surface area contributed by atoms with E-state index < -0.39 is 21.7 Å². The second-order valence-corrected chi connectivity index (χ2v) is 8.36. The van der Waals surface area contributed by atoms with Crippen molar-refractivity contribution in [2.45, 2.75) is 24.7 Å². The predicted octanol–water partition coefficient (Wildman–Crippen LogP) is 3.15. The first kappa shape index (κ1) is 18.7. The summed E-state index contributed by atoms with van der Waals surface area (Å²) in [5.74, 6) is -1.13. The van der Waals surface area contributed by atoms with Gasteiger partial charge in [-0.2, -0.15) is 4.31 Å². The van der Waals surface area contributed by atoms with Crippen LogP contribution in [0.2, 0.25) is 0 Å². The first-order chi connectivity index (χ1) is 12.3. The Morgan fingerprint density at radius 1 is 1.23 bits per heavy atom. The lowest BCUT2D eigenvalue weighted by Crippen LogP contribution is -2.41. The molecule has 1 saturated heterocycles. The van der Waals surface area contributed by atoms with Gasteiger partial charge in [-0.3, -0.25) is 4.98 Å². The maximum Gasteiger partial charge on any atom is 0.243 e. The number of aromatic nitrogens is 1. The van der Waals surface area contributed by atoms with Crippen molar-refractivity contribution in [3.8, 4) is 5.75 Å². The van der Waals surface area contributed by atoms with Crippen molar-refractivity contribution in [3.05, 3.63) is 53.9 Å². The summed E-state index contributed by atoms with van der Waals surface area (Å²) in [7, 11) is -3.94. The molecule has 1 atom stereocenters. The Labute approximate surface area is 151 Å². The van der Waals surface area contributed by atoms with E-state index in [1.165, 1.54) is 4.31 Å². The lowest BCUT2D eigenvalue weighted by Gasteiger charge is -2.31. The third-order valence-corrected chi connectivity index (χ3v) is 6.15. The van der Waals surface area contributed by atoms with Crippen LogP contribution in [0.1, 0.15) is 18.5 Å². The molecular formula is C18H20F2N2O3S. The molecule has 1 fully saturated rings.